The highest BCUT2D eigenvalue weighted by Crippen LogP contribution is 2.37. The van der Waals surface area contributed by atoms with Crippen LogP contribution in [0.15, 0.2) is 18.2 Å². The molecule has 19 heavy (non-hydrogen) atoms. The van der Waals surface area contributed by atoms with Gasteiger partial charge in [0.2, 0.25) is 0 Å². The Balaban J connectivity index is 2.10. The predicted molar refractivity (Wildman–Crippen MR) is 77.6 cm³/mol. The number of nitrogens with one attached hydrogen (secondary N) is 1. The fourth-order valence-electron chi connectivity index (χ4n) is 3.17. The molecular weight excluding hydrogens is 238 g/mol. The molecule has 0 aliphatic carbocycles. The monoisotopic (exact) mass is 263 g/mol. The van der Waals surface area contributed by atoms with Gasteiger partial charge in [-0.15, -0.1) is 0 Å². The lowest BCUT2D eigenvalue weighted by molar-refractivity contribution is 0.205. The van der Waals surface area contributed by atoms with Gasteiger partial charge in [0.25, 0.3) is 0 Å². The molecular formula is C16H25NO2. The SMILES string of the molecule is CC(C)(C)CC(C)(C)NC1COc2cc(O)ccc21. The van der Waals surface area contributed by atoms with E-state index in [0.717, 1.165) is 17.7 Å². The van der Waals surface area contributed by atoms with Crippen LogP contribution in [-0.2, 0) is 0 Å². The molecule has 1 atom stereocenters. The molecule has 0 aromatic heterocycles. The van der Waals surface area contributed by atoms with Crippen molar-refractivity contribution in [2.24, 2.45) is 5.41 Å². The van der Waals surface area contributed by atoms with Gasteiger partial charge in [-0.2, -0.15) is 0 Å². The van der Waals surface area contributed by atoms with Crippen LogP contribution < -0.4 is 10.1 Å². The molecule has 1 heterocycles. The van der Waals surface area contributed by atoms with Gasteiger partial charge >= 0.3 is 0 Å². The molecule has 0 radical (unpaired) electrons. The van der Waals surface area contributed by atoms with Crippen molar-refractivity contribution in [2.75, 3.05) is 6.61 Å². The zero-order valence-corrected chi connectivity index (χ0v) is 12.6. The molecule has 0 fully saturated rings. The largest absolute Gasteiger partial charge is 0.508 e. The van der Waals surface area contributed by atoms with Gasteiger partial charge in [0.15, 0.2) is 0 Å². The summed E-state index contributed by atoms with van der Waals surface area (Å²) in [6, 6.07) is 5.56. The lowest BCUT2D eigenvalue weighted by Gasteiger charge is -2.35. The number of phenols is 1. The van der Waals surface area contributed by atoms with E-state index in [2.05, 4.69) is 39.9 Å². The molecule has 3 heteroatoms. The van der Waals surface area contributed by atoms with Crippen LogP contribution in [0.3, 0.4) is 0 Å². The minimum Gasteiger partial charge on any atom is -0.508 e. The lowest BCUT2D eigenvalue weighted by Crippen LogP contribution is -2.44. The molecule has 2 N–H and O–H groups in total. The average Bonchev–Trinajstić information content (AvgIpc) is 2.56. The third-order valence-corrected chi connectivity index (χ3v) is 3.32. The molecule has 1 aliphatic heterocycles. The van der Waals surface area contributed by atoms with E-state index in [1.165, 1.54) is 0 Å². The van der Waals surface area contributed by atoms with E-state index in [1.54, 1.807) is 12.1 Å². The van der Waals surface area contributed by atoms with E-state index in [4.69, 9.17) is 4.74 Å². The third kappa shape index (κ3) is 3.63. The Hall–Kier alpha value is -1.22. The summed E-state index contributed by atoms with van der Waals surface area (Å²) < 4.78 is 5.65. The van der Waals surface area contributed by atoms with Crippen LogP contribution in [0.5, 0.6) is 11.5 Å². The minimum absolute atomic E-state index is 0.0474. The number of fused-ring (bicyclic) bond motifs is 1. The minimum atomic E-state index is 0.0474. The highest BCUT2D eigenvalue weighted by atomic mass is 16.5. The van der Waals surface area contributed by atoms with Gasteiger partial charge in [0.1, 0.15) is 18.1 Å². The smallest absolute Gasteiger partial charge is 0.127 e. The fraction of sp³-hybridized carbons (Fsp3) is 0.625. The number of hydrogen-bond donors (Lipinski definition) is 2. The number of ether oxygens (including phenoxy) is 1. The third-order valence-electron chi connectivity index (χ3n) is 3.32. The first kappa shape index (κ1) is 14.2. The van der Waals surface area contributed by atoms with Crippen molar-refractivity contribution in [1.82, 2.24) is 5.32 Å². The second kappa shape index (κ2) is 4.71. The van der Waals surface area contributed by atoms with Gasteiger partial charge in [-0.3, -0.25) is 0 Å². The van der Waals surface area contributed by atoms with E-state index < -0.39 is 0 Å². The Bertz CT molecular complexity index is 460. The quantitative estimate of drug-likeness (QED) is 0.875. The van der Waals surface area contributed by atoms with Gasteiger partial charge in [0, 0.05) is 17.2 Å². The molecule has 106 valence electrons. The Morgan fingerprint density at radius 2 is 1.95 bits per heavy atom. The molecule has 1 unspecified atom stereocenters. The van der Waals surface area contributed by atoms with Crippen LogP contribution in [-0.4, -0.2) is 17.3 Å². The van der Waals surface area contributed by atoms with Crippen molar-refractivity contribution < 1.29 is 9.84 Å². The van der Waals surface area contributed by atoms with Crippen LogP contribution in [0.4, 0.5) is 0 Å². The topological polar surface area (TPSA) is 41.5 Å². The summed E-state index contributed by atoms with van der Waals surface area (Å²) in [6.45, 7) is 11.9. The van der Waals surface area contributed by atoms with Crippen LogP contribution in [0, 0.1) is 5.41 Å². The molecule has 0 saturated carbocycles. The van der Waals surface area contributed by atoms with Gasteiger partial charge < -0.3 is 15.2 Å². The Labute approximate surface area is 116 Å². The highest BCUT2D eigenvalue weighted by Gasteiger charge is 2.32. The van der Waals surface area contributed by atoms with E-state index >= 15 is 0 Å². The van der Waals surface area contributed by atoms with Crippen molar-refractivity contribution in [2.45, 2.75) is 52.6 Å². The molecule has 1 aromatic carbocycles. The molecule has 0 amide bonds. The summed E-state index contributed by atoms with van der Waals surface area (Å²) in [5.74, 6) is 1.05. The highest BCUT2D eigenvalue weighted by molar-refractivity contribution is 5.44. The number of aromatic hydroxyl groups is 1. The van der Waals surface area contributed by atoms with Crippen molar-refractivity contribution in [3.63, 3.8) is 0 Å². The molecule has 0 bridgehead atoms. The van der Waals surface area contributed by atoms with Gasteiger partial charge in [-0.1, -0.05) is 20.8 Å². The molecule has 2 rings (SSSR count). The Kier molecular flexibility index (Phi) is 3.52. The van der Waals surface area contributed by atoms with Crippen molar-refractivity contribution in [3.05, 3.63) is 23.8 Å². The van der Waals surface area contributed by atoms with Crippen molar-refractivity contribution >= 4 is 0 Å². The molecule has 1 aromatic rings. The summed E-state index contributed by atoms with van der Waals surface area (Å²) in [5.41, 5.74) is 1.47. The number of benzene rings is 1. The molecule has 0 spiro atoms. The first-order chi connectivity index (χ1) is 8.66. The number of rotatable bonds is 3. The molecule has 3 nitrogen and oxygen atoms in total. The first-order valence-electron chi connectivity index (χ1n) is 6.90. The second-order valence-corrected chi connectivity index (χ2v) is 7.35. The zero-order valence-electron chi connectivity index (χ0n) is 12.6. The second-order valence-electron chi connectivity index (χ2n) is 7.35. The van der Waals surface area contributed by atoms with Crippen LogP contribution >= 0.6 is 0 Å². The first-order valence-corrected chi connectivity index (χ1v) is 6.90. The van der Waals surface area contributed by atoms with Gasteiger partial charge in [0.05, 0.1) is 6.04 Å². The fourth-order valence-corrected chi connectivity index (χ4v) is 3.17. The van der Waals surface area contributed by atoms with E-state index in [9.17, 15) is 5.11 Å². The van der Waals surface area contributed by atoms with E-state index in [1.807, 2.05) is 6.07 Å². The normalized spacial score (nSPS) is 19.1. The van der Waals surface area contributed by atoms with Crippen LogP contribution in [0.2, 0.25) is 0 Å². The van der Waals surface area contributed by atoms with Gasteiger partial charge in [-0.25, -0.2) is 0 Å². The maximum atomic E-state index is 9.47. The maximum Gasteiger partial charge on any atom is 0.127 e. The molecule has 1 aliphatic rings. The average molecular weight is 263 g/mol. The van der Waals surface area contributed by atoms with E-state index in [-0.39, 0.29) is 22.7 Å². The van der Waals surface area contributed by atoms with Crippen molar-refractivity contribution in [1.29, 1.82) is 0 Å². The van der Waals surface area contributed by atoms with Crippen molar-refractivity contribution in [3.8, 4) is 11.5 Å². The van der Waals surface area contributed by atoms with Crippen LogP contribution in [0.25, 0.3) is 0 Å². The summed E-state index contributed by atoms with van der Waals surface area (Å²) in [5, 5.41) is 13.1. The maximum absolute atomic E-state index is 9.47. The van der Waals surface area contributed by atoms with E-state index in [0.29, 0.717) is 6.61 Å². The molecule has 0 saturated heterocycles. The van der Waals surface area contributed by atoms with Crippen LogP contribution in [0.1, 0.15) is 52.6 Å². The zero-order chi connectivity index (χ0) is 14.3. The van der Waals surface area contributed by atoms with Gasteiger partial charge in [-0.05, 0) is 37.8 Å². The number of hydrogen-bond acceptors (Lipinski definition) is 3. The Morgan fingerprint density at radius 1 is 1.26 bits per heavy atom. The lowest BCUT2D eigenvalue weighted by atomic mass is 9.81. The standard InChI is InChI=1S/C16H25NO2/c1-15(2,3)10-16(4,5)17-13-9-19-14-8-11(18)6-7-12(13)14/h6-8,13,17-18H,9-10H2,1-5H3. The summed E-state index contributed by atoms with van der Waals surface area (Å²) in [4.78, 5) is 0. The Morgan fingerprint density at radius 3 is 2.58 bits per heavy atom. The predicted octanol–water partition coefficient (Wildman–Crippen LogP) is 3.63. The summed E-state index contributed by atoms with van der Waals surface area (Å²) in [6.07, 6.45) is 1.09. The summed E-state index contributed by atoms with van der Waals surface area (Å²) >= 11 is 0. The number of phenolic OH excluding ortho intramolecular Hbond substituents is 1. The summed E-state index contributed by atoms with van der Waals surface area (Å²) in [7, 11) is 0.